The van der Waals surface area contributed by atoms with E-state index in [9.17, 15) is 0 Å². The SMILES string of the molecule is CC(C)NC1(c2nc3c(s2)CCC3)CCOC(C(C)C)C1. The topological polar surface area (TPSA) is 34.2 Å². The third-order valence-corrected chi connectivity index (χ3v) is 6.09. The van der Waals surface area contributed by atoms with Crippen molar-refractivity contribution in [2.75, 3.05) is 6.61 Å². The van der Waals surface area contributed by atoms with Crippen LogP contribution in [0.15, 0.2) is 0 Å². The molecule has 118 valence electrons. The zero-order chi connectivity index (χ0) is 15.0. The number of nitrogens with one attached hydrogen (secondary N) is 1. The fourth-order valence-corrected chi connectivity index (χ4v) is 4.99. The van der Waals surface area contributed by atoms with Gasteiger partial charge in [-0.2, -0.15) is 0 Å². The van der Waals surface area contributed by atoms with Crippen molar-refractivity contribution in [1.29, 1.82) is 0 Å². The van der Waals surface area contributed by atoms with Gasteiger partial charge in [0.1, 0.15) is 5.01 Å². The van der Waals surface area contributed by atoms with E-state index in [1.165, 1.54) is 34.8 Å². The van der Waals surface area contributed by atoms with Crippen LogP contribution in [0.2, 0.25) is 0 Å². The number of nitrogens with zero attached hydrogens (tertiary/aromatic N) is 1. The van der Waals surface area contributed by atoms with Crippen molar-refractivity contribution in [1.82, 2.24) is 10.3 Å². The number of hydrogen-bond donors (Lipinski definition) is 1. The van der Waals surface area contributed by atoms with Crippen molar-refractivity contribution in [2.45, 2.75) is 77.5 Å². The molecule has 0 amide bonds. The lowest BCUT2D eigenvalue weighted by molar-refractivity contribution is -0.0554. The zero-order valence-electron chi connectivity index (χ0n) is 13.7. The molecule has 1 aromatic heterocycles. The molecule has 1 fully saturated rings. The summed E-state index contributed by atoms with van der Waals surface area (Å²) in [6, 6.07) is 0.467. The quantitative estimate of drug-likeness (QED) is 0.921. The molecule has 0 saturated carbocycles. The summed E-state index contributed by atoms with van der Waals surface area (Å²) in [7, 11) is 0. The van der Waals surface area contributed by atoms with Crippen LogP contribution in [-0.4, -0.2) is 23.7 Å². The third kappa shape index (κ3) is 3.03. The summed E-state index contributed by atoms with van der Waals surface area (Å²) in [4.78, 5) is 6.56. The molecule has 1 aromatic rings. The normalized spacial score (nSPS) is 29.3. The van der Waals surface area contributed by atoms with Gasteiger partial charge in [0, 0.05) is 17.5 Å². The van der Waals surface area contributed by atoms with Crippen LogP contribution >= 0.6 is 11.3 Å². The Bertz CT molecular complexity index is 475. The van der Waals surface area contributed by atoms with Crippen molar-refractivity contribution >= 4 is 11.3 Å². The number of aryl methyl sites for hydroxylation is 2. The maximum Gasteiger partial charge on any atom is 0.113 e. The molecule has 0 bridgehead atoms. The van der Waals surface area contributed by atoms with E-state index in [0.29, 0.717) is 18.1 Å². The standard InChI is InChI=1S/C17H28N2OS/c1-11(2)14-10-17(8-9-20-14,19-12(3)4)16-18-13-6-5-7-15(13)21-16/h11-12,14,19H,5-10H2,1-4H3. The van der Waals surface area contributed by atoms with Crippen molar-refractivity contribution in [2.24, 2.45) is 5.92 Å². The van der Waals surface area contributed by atoms with Gasteiger partial charge in [-0.25, -0.2) is 4.98 Å². The molecule has 21 heavy (non-hydrogen) atoms. The molecule has 1 saturated heterocycles. The molecule has 0 radical (unpaired) electrons. The third-order valence-electron chi connectivity index (χ3n) is 4.72. The molecule has 1 N–H and O–H groups in total. The predicted molar refractivity (Wildman–Crippen MR) is 87.9 cm³/mol. The van der Waals surface area contributed by atoms with Gasteiger partial charge in [0.15, 0.2) is 0 Å². The van der Waals surface area contributed by atoms with Gasteiger partial charge in [-0.15, -0.1) is 11.3 Å². The number of fused-ring (bicyclic) bond motifs is 1. The Morgan fingerprint density at radius 1 is 1.29 bits per heavy atom. The van der Waals surface area contributed by atoms with Gasteiger partial charge in [-0.3, -0.25) is 0 Å². The summed E-state index contributed by atoms with van der Waals surface area (Å²) in [6.07, 6.45) is 6.12. The molecule has 2 atom stereocenters. The summed E-state index contributed by atoms with van der Waals surface area (Å²) < 4.78 is 6.01. The Labute approximate surface area is 132 Å². The van der Waals surface area contributed by atoms with E-state index in [1.807, 2.05) is 11.3 Å². The molecular formula is C17H28N2OS. The molecule has 2 aliphatic rings. The van der Waals surface area contributed by atoms with Crippen LogP contribution in [0.25, 0.3) is 0 Å². The van der Waals surface area contributed by atoms with Gasteiger partial charge in [-0.1, -0.05) is 13.8 Å². The van der Waals surface area contributed by atoms with Crippen molar-refractivity contribution in [3.63, 3.8) is 0 Å². The van der Waals surface area contributed by atoms with E-state index < -0.39 is 0 Å². The second-order valence-electron chi connectivity index (χ2n) is 7.23. The first-order valence-corrected chi connectivity index (χ1v) is 9.20. The van der Waals surface area contributed by atoms with Crippen LogP contribution in [0.4, 0.5) is 0 Å². The Kier molecular flexibility index (Phi) is 4.40. The van der Waals surface area contributed by atoms with E-state index in [0.717, 1.165) is 19.4 Å². The van der Waals surface area contributed by atoms with Crippen LogP contribution in [0.3, 0.4) is 0 Å². The van der Waals surface area contributed by atoms with Crippen LogP contribution < -0.4 is 5.32 Å². The summed E-state index contributed by atoms with van der Waals surface area (Å²) in [5, 5.41) is 5.17. The number of ether oxygens (including phenoxy) is 1. The highest BCUT2D eigenvalue weighted by Gasteiger charge is 2.42. The Balaban J connectivity index is 1.92. The Morgan fingerprint density at radius 3 is 2.76 bits per heavy atom. The highest BCUT2D eigenvalue weighted by molar-refractivity contribution is 7.12. The van der Waals surface area contributed by atoms with E-state index >= 15 is 0 Å². The molecule has 3 nitrogen and oxygen atoms in total. The van der Waals surface area contributed by atoms with Gasteiger partial charge >= 0.3 is 0 Å². The van der Waals surface area contributed by atoms with Gasteiger partial charge in [0.25, 0.3) is 0 Å². The van der Waals surface area contributed by atoms with Gasteiger partial charge in [-0.05, 0) is 51.9 Å². The van der Waals surface area contributed by atoms with Crippen molar-refractivity contribution < 1.29 is 4.74 Å². The molecule has 2 heterocycles. The zero-order valence-corrected chi connectivity index (χ0v) is 14.6. The lowest BCUT2D eigenvalue weighted by Crippen LogP contribution is -2.52. The van der Waals surface area contributed by atoms with Gasteiger partial charge in [0.05, 0.1) is 17.3 Å². The minimum Gasteiger partial charge on any atom is -0.378 e. The second-order valence-corrected chi connectivity index (χ2v) is 8.31. The summed E-state index contributed by atoms with van der Waals surface area (Å²) in [6.45, 7) is 9.84. The first kappa shape index (κ1) is 15.4. The average Bonchev–Trinajstić information content (AvgIpc) is 2.98. The average molecular weight is 308 g/mol. The fourth-order valence-electron chi connectivity index (χ4n) is 3.65. The van der Waals surface area contributed by atoms with Crippen LogP contribution in [-0.2, 0) is 23.1 Å². The Morgan fingerprint density at radius 2 is 2.10 bits per heavy atom. The molecule has 4 heteroatoms. The fraction of sp³-hybridized carbons (Fsp3) is 0.824. The van der Waals surface area contributed by atoms with E-state index in [-0.39, 0.29) is 5.54 Å². The van der Waals surface area contributed by atoms with Crippen molar-refractivity contribution in [3.8, 4) is 0 Å². The number of rotatable bonds is 4. The smallest absolute Gasteiger partial charge is 0.113 e. The van der Waals surface area contributed by atoms with Crippen LogP contribution in [0, 0.1) is 5.92 Å². The monoisotopic (exact) mass is 308 g/mol. The highest BCUT2D eigenvalue weighted by atomic mass is 32.1. The van der Waals surface area contributed by atoms with E-state index in [4.69, 9.17) is 9.72 Å². The van der Waals surface area contributed by atoms with Gasteiger partial charge in [0.2, 0.25) is 0 Å². The Hall–Kier alpha value is -0.450. The van der Waals surface area contributed by atoms with Gasteiger partial charge < -0.3 is 10.1 Å². The largest absolute Gasteiger partial charge is 0.378 e. The van der Waals surface area contributed by atoms with Crippen LogP contribution in [0.1, 0.15) is 62.5 Å². The minimum atomic E-state index is 0.0242. The van der Waals surface area contributed by atoms with Crippen molar-refractivity contribution in [3.05, 3.63) is 15.6 Å². The number of thiazole rings is 1. The summed E-state index contributed by atoms with van der Waals surface area (Å²) in [5.41, 5.74) is 1.39. The van der Waals surface area contributed by atoms with E-state index in [2.05, 4.69) is 33.0 Å². The molecule has 2 unspecified atom stereocenters. The molecule has 1 aliphatic carbocycles. The minimum absolute atomic E-state index is 0.0242. The maximum atomic E-state index is 6.01. The molecular weight excluding hydrogens is 280 g/mol. The lowest BCUT2D eigenvalue weighted by Gasteiger charge is -2.43. The molecule has 1 aliphatic heterocycles. The number of hydrogen-bond acceptors (Lipinski definition) is 4. The summed E-state index contributed by atoms with van der Waals surface area (Å²) >= 11 is 1.95. The van der Waals surface area contributed by atoms with E-state index in [1.54, 1.807) is 0 Å². The number of aromatic nitrogens is 1. The predicted octanol–water partition coefficient (Wildman–Crippen LogP) is 3.66. The summed E-state index contributed by atoms with van der Waals surface area (Å²) in [5.74, 6) is 0.561. The van der Waals surface area contributed by atoms with Crippen LogP contribution in [0.5, 0.6) is 0 Å². The molecule has 0 aromatic carbocycles. The first-order chi connectivity index (χ1) is 10.00. The molecule has 3 rings (SSSR count). The molecule has 0 spiro atoms. The first-order valence-electron chi connectivity index (χ1n) is 8.38. The second kappa shape index (κ2) is 5.98. The maximum absolute atomic E-state index is 6.01. The highest BCUT2D eigenvalue weighted by Crippen LogP contribution is 2.41. The lowest BCUT2D eigenvalue weighted by atomic mass is 9.83.